The fraction of sp³-hybridized carbons (Fsp3) is 0.417. The van der Waals surface area contributed by atoms with E-state index in [0.29, 0.717) is 11.6 Å². The van der Waals surface area contributed by atoms with E-state index in [1.165, 1.54) is 6.07 Å². The highest BCUT2D eigenvalue weighted by Gasteiger charge is 2.28. The molecule has 0 radical (unpaired) electrons. The van der Waals surface area contributed by atoms with Crippen LogP contribution in [-0.2, 0) is 0 Å². The highest BCUT2D eigenvalue weighted by atomic mass is 19.1. The molecule has 1 N–H and O–H groups in total. The number of nitriles is 1. The van der Waals surface area contributed by atoms with Crippen LogP contribution in [0, 0.1) is 23.1 Å². The molecule has 1 aliphatic heterocycles. The van der Waals surface area contributed by atoms with Crippen molar-refractivity contribution in [2.75, 3.05) is 24.6 Å². The molecule has 0 saturated carbocycles. The van der Waals surface area contributed by atoms with Crippen LogP contribution in [-0.4, -0.2) is 24.8 Å². The van der Waals surface area contributed by atoms with Crippen LogP contribution < -0.4 is 4.90 Å². The first kappa shape index (κ1) is 10.9. The summed E-state index contributed by atoms with van der Waals surface area (Å²) in [5, 5.41) is 17.7. The van der Waals surface area contributed by atoms with Crippen LogP contribution >= 0.6 is 0 Å². The number of hydrogen-bond acceptors (Lipinski definition) is 3. The Morgan fingerprint density at radius 1 is 1.50 bits per heavy atom. The summed E-state index contributed by atoms with van der Waals surface area (Å²) in [6, 6.07) is 6.57. The summed E-state index contributed by atoms with van der Waals surface area (Å²) in [7, 11) is 0. The second-order valence-electron chi connectivity index (χ2n) is 4.03. The number of aliphatic hydroxyl groups excluding tert-OH is 1. The lowest BCUT2D eigenvalue weighted by atomic mass is 9.95. The predicted molar refractivity (Wildman–Crippen MR) is 58.5 cm³/mol. The van der Waals surface area contributed by atoms with Gasteiger partial charge in [-0.15, -0.1) is 0 Å². The summed E-state index contributed by atoms with van der Waals surface area (Å²) in [4.78, 5) is 1.97. The third-order valence-electron chi connectivity index (χ3n) is 2.94. The van der Waals surface area contributed by atoms with Crippen molar-refractivity contribution in [2.24, 2.45) is 5.92 Å². The molecule has 0 bridgehead atoms. The fourth-order valence-electron chi connectivity index (χ4n) is 2.02. The van der Waals surface area contributed by atoms with Crippen molar-refractivity contribution in [3.8, 4) is 6.07 Å². The monoisotopic (exact) mass is 220 g/mol. The fourth-order valence-corrected chi connectivity index (χ4v) is 2.02. The smallest absolute Gasteiger partial charge is 0.143 e. The first-order chi connectivity index (χ1) is 7.76. The molecule has 0 amide bonds. The number of benzene rings is 1. The minimum atomic E-state index is -0.467. The molecule has 84 valence electrons. The quantitative estimate of drug-likeness (QED) is 0.840. The Balaban J connectivity index is 2.12. The van der Waals surface area contributed by atoms with E-state index < -0.39 is 5.82 Å². The summed E-state index contributed by atoms with van der Waals surface area (Å²) in [5.74, 6) is -0.00887. The van der Waals surface area contributed by atoms with Crippen LogP contribution in [0.25, 0.3) is 0 Å². The van der Waals surface area contributed by atoms with Gasteiger partial charge in [0.2, 0.25) is 0 Å². The number of hydrogen-bond donors (Lipinski definition) is 1. The average molecular weight is 220 g/mol. The Labute approximate surface area is 93.7 Å². The molecular formula is C12H13FN2O. The summed E-state index contributed by atoms with van der Waals surface area (Å²) in [6.45, 7) is 1.77. The molecule has 16 heavy (non-hydrogen) atoms. The lowest BCUT2D eigenvalue weighted by Crippen LogP contribution is -2.47. The molecule has 1 aromatic rings. The molecule has 1 heterocycles. The van der Waals surface area contributed by atoms with E-state index in [1.807, 2.05) is 11.0 Å². The molecule has 1 aromatic carbocycles. The first-order valence-corrected chi connectivity index (χ1v) is 5.30. The topological polar surface area (TPSA) is 47.3 Å². The number of nitrogens with zero attached hydrogens (tertiary/aromatic N) is 2. The van der Waals surface area contributed by atoms with Crippen molar-refractivity contribution in [1.29, 1.82) is 5.26 Å². The SMILES string of the molecule is N#Cc1c(F)cccc1N1CC(CCO)C1. The van der Waals surface area contributed by atoms with Gasteiger partial charge in [0, 0.05) is 19.7 Å². The molecule has 1 aliphatic rings. The summed E-state index contributed by atoms with van der Waals surface area (Å²) in [6.07, 6.45) is 0.772. The van der Waals surface area contributed by atoms with Crippen LogP contribution in [0.4, 0.5) is 10.1 Å². The summed E-state index contributed by atoms with van der Waals surface area (Å²) >= 11 is 0. The molecule has 0 aliphatic carbocycles. The lowest BCUT2D eigenvalue weighted by Gasteiger charge is -2.41. The Kier molecular flexibility index (Phi) is 3.07. The third kappa shape index (κ3) is 1.86. The van der Waals surface area contributed by atoms with Gasteiger partial charge in [0.15, 0.2) is 0 Å². The molecule has 3 nitrogen and oxygen atoms in total. The van der Waals surface area contributed by atoms with E-state index in [9.17, 15) is 4.39 Å². The van der Waals surface area contributed by atoms with E-state index >= 15 is 0 Å². The number of rotatable bonds is 3. The van der Waals surface area contributed by atoms with Gasteiger partial charge < -0.3 is 10.0 Å². The van der Waals surface area contributed by atoms with Gasteiger partial charge in [0.1, 0.15) is 17.4 Å². The van der Waals surface area contributed by atoms with Crippen molar-refractivity contribution >= 4 is 5.69 Å². The molecule has 0 atom stereocenters. The molecule has 0 unspecified atom stereocenters. The van der Waals surface area contributed by atoms with E-state index in [4.69, 9.17) is 10.4 Å². The van der Waals surface area contributed by atoms with Gasteiger partial charge in [0.05, 0.1) is 5.69 Å². The first-order valence-electron chi connectivity index (χ1n) is 5.30. The van der Waals surface area contributed by atoms with Crippen molar-refractivity contribution in [2.45, 2.75) is 6.42 Å². The van der Waals surface area contributed by atoms with Gasteiger partial charge in [-0.1, -0.05) is 6.07 Å². The van der Waals surface area contributed by atoms with Gasteiger partial charge in [-0.3, -0.25) is 0 Å². The van der Waals surface area contributed by atoms with Gasteiger partial charge >= 0.3 is 0 Å². The number of halogens is 1. The van der Waals surface area contributed by atoms with Crippen LogP contribution in [0.15, 0.2) is 18.2 Å². The normalized spacial score (nSPS) is 15.7. The molecule has 1 fully saturated rings. The van der Waals surface area contributed by atoms with E-state index in [1.54, 1.807) is 12.1 Å². The van der Waals surface area contributed by atoms with Crippen LogP contribution in [0.1, 0.15) is 12.0 Å². The highest BCUT2D eigenvalue weighted by Crippen LogP contribution is 2.30. The lowest BCUT2D eigenvalue weighted by molar-refractivity contribution is 0.239. The minimum Gasteiger partial charge on any atom is -0.396 e. The zero-order valence-corrected chi connectivity index (χ0v) is 8.86. The Morgan fingerprint density at radius 2 is 2.25 bits per heavy atom. The van der Waals surface area contributed by atoms with Crippen LogP contribution in [0.2, 0.25) is 0 Å². The zero-order chi connectivity index (χ0) is 11.5. The van der Waals surface area contributed by atoms with Gasteiger partial charge in [-0.25, -0.2) is 4.39 Å². The van der Waals surface area contributed by atoms with Gasteiger partial charge in [-0.2, -0.15) is 5.26 Å². The minimum absolute atomic E-state index is 0.116. The summed E-state index contributed by atoms with van der Waals surface area (Å²) < 4.78 is 13.3. The maximum Gasteiger partial charge on any atom is 0.143 e. The third-order valence-corrected chi connectivity index (χ3v) is 2.94. The molecule has 4 heteroatoms. The summed E-state index contributed by atoms with van der Waals surface area (Å²) in [5.41, 5.74) is 0.779. The van der Waals surface area contributed by atoms with Crippen molar-refractivity contribution in [3.63, 3.8) is 0 Å². The Bertz CT molecular complexity index is 422. The largest absolute Gasteiger partial charge is 0.396 e. The van der Waals surface area contributed by atoms with Gasteiger partial charge in [0.25, 0.3) is 0 Å². The van der Waals surface area contributed by atoms with E-state index in [2.05, 4.69) is 0 Å². The Hall–Kier alpha value is -1.60. The molecular weight excluding hydrogens is 207 g/mol. The van der Waals surface area contributed by atoms with E-state index in [0.717, 1.165) is 19.5 Å². The van der Waals surface area contributed by atoms with Crippen molar-refractivity contribution in [3.05, 3.63) is 29.6 Å². The average Bonchev–Trinajstić information content (AvgIpc) is 2.22. The highest BCUT2D eigenvalue weighted by molar-refractivity contribution is 5.61. The maximum atomic E-state index is 13.3. The molecule has 2 rings (SSSR count). The van der Waals surface area contributed by atoms with E-state index in [-0.39, 0.29) is 12.2 Å². The second-order valence-corrected chi connectivity index (χ2v) is 4.03. The molecule has 0 spiro atoms. The Morgan fingerprint density at radius 3 is 2.88 bits per heavy atom. The van der Waals surface area contributed by atoms with Crippen molar-refractivity contribution in [1.82, 2.24) is 0 Å². The standard InChI is InChI=1S/C12H13FN2O/c13-11-2-1-3-12(10(11)6-14)15-7-9(8-15)4-5-16/h1-3,9,16H,4-5,7-8H2. The van der Waals surface area contributed by atoms with Crippen LogP contribution in [0.3, 0.4) is 0 Å². The van der Waals surface area contributed by atoms with Crippen LogP contribution in [0.5, 0.6) is 0 Å². The maximum absolute atomic E-state index is 13.3. The predicted octanol–water partition coefficient (Wildman–Crippen LogP) is 1.52. The molecule has 1 saturated heterocycles. The number of aliphatic hydroxyl groups is 1. The number of anilines is 1. The molecule has 0 aromatic heterocycles. The van der Waals surface area contributed by atoms with Crippen molar-refractivity contribution < 1.29 is 9.50 Å². The zero-order valence-electron chi connectivity index (χ0n) is 8.86. The van der Waals surface area contributed by atoms with Gasteiger partial charge in [-0.05, 0) is 24.5 Å². The second kappa shape index (κ2) is 4.50.